The van der Waals surface area contributed by atoms with Gasteiger partial charge in [0.05, 0.1) is 25.4 Å². The Morgan fingerprint density at radius 2 is 0.871 bits per heavy atom. The van der Waals surface area contributed by atoms with Gasteiger partial charge in [-0.3, -0.25) is 4.79 Å². The van der Waals surface area contributed by atoms with Gasteiger partial charge in [0.25, 0.3) is 0 Å². The second-order valence-electron chi connectivity index (χ2n) is 21.1. The van der Waals surface area contributed by atoms with Crippen molar-refractivity contribution in [1.82, 2.24) is 5.32 Å². The van der Waals surface area contributed by atoms with E-state index in [-0.39, 0.29) is 6.42 Å². The third kappa shape index (κ3) is 36.5. The molecule has 1 aliphatic rings. The quantitative estimate of drug-likeness (QED) is 0.0215. The van der Waals surface area contributed by atoms with Gasteiger partial charge in [0.2, 0.25) is 5.91 Å². The molecule has 9 atom stereocenters. The Morgan fingerprint density at radius 1 is 0.500 bits per heavy atom. The first-order valence-corrected chi connectivity index (χ1v) is 29.7. The Kier molecular flexibility index (Phi) is 46.2. The lowest BCUT2D eigenvalue weighted by atomic mass is 9.98. The molecule has 11 nitrogen and oxygen atoms in total. The molecule has 0 radical (unpaired) electrons. The molecular weight excluding hydrogens is 883 g/mol. The van der Waals surface area contributed by atoms with Crippen LogP contribution >= 0.6 is 0 Å². The van der Waals surface area contributed by atoms with Crippen molar-refractivity contribution in [2.24, 2.45) is 0 Å². The molecule has 1 rings (SSSR count). The molecule has 0 aliphatic carbocycles. The molecule has 1 amide bonds. The first kappa shape index (κ1) is 66.6. The first-order chi connectivity index (χ1) is 34.2. The van der Waals surface area contributed by atoms with Crippen molar-refractivity contribution in [3.63, 3.8) is 0 Å². The first-order valence-electron chi connectivity index (χ1n) is 29.7. The summed E-state index contributed by atoms with van der Waals surface area (Å²) in [6.45, 7) is 3.40. The Hall–Kier alpha value is -1.41. The van der Waals surface area contributed by atoms with Crippen molar-refractivity contribution in [1.29, 1.82) is 0 Å². The van der Waals surface area contributed by atoms with Gasteiger partial charge in [-0.1, -0.05) is 256 Å². The molecule has 1 heterocycles. The SMILES string of the molecule is CCCCCCCCCCCCCCC/C=C\C/C=C\CCCCCCCCCCCCCCCCCCC(O)C(=O)NC(COC1OC(CO)C(O)C(O)C1O)C(O)C(O)CCCCCCCCC. The van der Waals surface area contributed by atoms with Gasteiger partial charge >= 0.3 is 0 Å². The minimum Gasteiger partial charge on any atom is -0.394 e. The van der Waals surface area contributed by atoms with Crippen LogP contribution in [0.3, 0.4) is 0 Å². The Bertz CT molecular complexity index is 1190. The van der Waals surface area contributed by atoms with Crippen LogP contribution in [-0.2, 0) is 14.3 Å². The van der Waals surface area contributed by atoms with Crippen molar-refractivity contribution >= 4 is 5.91 Å². The molecule has 70 heavy (non-hydrogen) atoms. The average Bonchev–Trinajstić information content (AvgIpc) is 3.36. The predicted molar refractivity (Wildman–Crippen MR) is 289 cm³/mol. The maximum absolute atomic E-state index is 13.1. The second-order valence-corrected chi connectivity index (χ2v) is 21.1. The Morgan fingerprint density at radius 3 is 1.27 bits per heavy atom. The zero-order valence-electron chi connectivity index (χ0n) is 45.3. The van der Waals surface area contributed by atoms with E-state index < -0.39 is 74.2 Å². The Balaban J connectivity index is 2.08. The number of hydrogen-bond acceptors (Lipinski definition) is 10. The number of carbonyl (C=O) groups excluding carboxylic acids is 1. The normalized spacial score (nSPS) is 20.4. The second kappa shape index (κ2) is 48.5. The van der Waals surface area contributed by atoms with Gasteiger partial charge in [-0.05, 0) is 44.9 Å². The third-order valence-electron chi connectivity index (χ3n) is 14.5. The molecule has 1 aliphatic heterocycles. The largest absolute Gasteiger partial charge is 0.394 e. The number of hydrogen-bond donors (Lipinski definition) is 8. The molecule has 9 unspecified atom stereocenters. The van der Waals surface area contributed by atoms with Gasteiger partial charge in [-0.2, -0.15) is 0 Å². The number of aliphatic hydroxyl groups excluding tert-OH is 7. The van der Waals surface area contributed by atoms with Crippen LogP contribution in [0.25, 0.3) is 0 Å². The Labute approximate surface area is 429 Å². The van der Waals surface area contributed by atoms with Crippen LogP contribution < -0.4 is 5.32 Å². The van der Waals surface area contributed by atoms with Crippen LogP contribution in [0.2, 0.25) is 0 Å². The average molecular weight is 997 g/mol. The summed E-state index contributed by atoms with van der Waals surface area (Å²) >= 11 is 0. The standard InChI is InChI=1S/C59H113NO10/c1-3-5-7-9-11-12-13-14-15-16-17-18-19-20-21-22-23-24-25-26-27-28-29-30-31-32-33-34-35-36-37-38-39-41-43-45-47-52(63)58(68)60-50(54(64)51(62)46-44-42-40-10-8-6-4-2)49-69-59-57(67)56(66)55(65)53(48-61)70-59/h21-22,24-25,50-57,59,61-67H,3-20,23,26-49H2,1-2H3,(H,60,68)/b22-21-,25-24-. The highest BCUT2D eigenvalue weighted by molar-refractivity contribution is 5.80. The lowest BCUT2D eigenvalue weighted by Gasteiger charge is -2.40. The summed E-state index contributed by atoms with van der Waals surface area (Å²) in [5.41, 5.74) is 0. The molecule has 1 saturated heterocycles. The van der Waals surface area contributed by atoms with Crippen molar-refractivity contribution in [3.8, 4) is 0 Å². The fraction of sp³-hybridized carbons (Fsp3) is 0.915. The van der Waals surface area contributed by atoms with Crippen LogP contribution in [0.1, 0.15) is 277 Å². The van der Waals surface area contributed by atoms with Crippen molar-refractivity contribution in [3.05, 3.63) is 24.3 Å². The third-order valence-corrected chi connectivity index (χ3v) is 14.5. The molecule has 0 bridgehead atoms. The zero-order valence-corrected chi connectivity index (χ0v) is 45.3. The maximum Gasteiger partial charge on any atom is 0.249 e. The van der Waals surface area contributed by atoms with Gasteiger partial charge in [-0.25, -0.2) is 0 Å². The molecular formula is C59H113NO10. The van der Waals surface area contributed by atoms with Crippen molar-refractivity contribution in [2.75, 3.05) is 13.2 Å². The van der Waals surface area contributed by atoms with Gasteiger partial charge in [0.1, 0.15) is 36.6 Å². The van der Waals surface area contributed by atoms with Crippen LogP contribution in [0, 0.1) is 0 Å². The minimum absolute atomic E-state index is 0.262. The van der Waals surface area contributed by atoms with E-state index in [1.165, 1.54) is 186 Å². The minimum atomic E-state index is -1.66. The van der Waals surface area contributed by atoms with E-state index in [0.29, 0.717) is 19.3 Å². The van der Waals surface area contributed by atoms with E-state index in [4.69, 9.17) is 9.47 Å². The number of rotatable bonds is 51. The number of ether oxygens (including phenoxy) is 2. The van der Waals surface area contributed by atoms with Gasteiger partial charge in [0.15, 0.2) is 6.29 Å². The number of aliphatic hydroxyl groups is 7. The summed E-state index contributed by atoms with van der Waals surface area (Å²) < 4.78 is 11.1. The molecule has 0 spiro atoms. The zero-order chi connectivity index (χ0) is 51.1. The summed E-state index contributed by atoms with van der Waals surface area (Å²) in [5.74, 6) is -0.697. The van der Waals surface area contributed by atoms with Crippen LogP contribution in [-0.4, -0.2) is 110 Å². The van der Waals surface area contributed by atoms with E-state index >= 15 is 0 Å². The molecule has 1 fully saturated rings. The van der Waals surface area contributed by atoms with Crippen molar-refractivity contribution < 1.29 is 50.0 Å². The molecule has 0 aromatic heterocycles. The fourth-order valence-corrected chi connectivity index (χ4v) is 9.65. The molecule has 0 aromatic carbocycles. The molecule has 8 N–H and O–H groups in total. The fourth-order valence-electron chi connectivity index (χ4n) is 9.65. The smallest absolute Gasteiger partial charge is 0.249 e. The highest BCUT2D eigenvalue weighted by atomic mass is 16.7. The number of unbranched alkanes of at least 4 members (excludes halogenated alkanes) is 35. The van der Waals surface area contributed by atoms with Gasteiger partial charge in [-0.15, -0.1) is 0 Å². The summed E-state index contributed by atoms with van der Waals surface area (Å²) in [7, 11) is 0. The van der Waals surface area contributed by atoms with E-state index in [9.17, 15) is 40.5 Å². The van der Waals surface area contributed by atoms with E-state index in [1.54, 1.807) is 0 Å². The van der Waals surface area contributed by atoms with Crippen LogP contribution in [0.15, 0.2) is 24.3 Å². The van der Waals surface area contributed by atoms with Crippen molar-refractivity contribution in [2.45, 2.75) is 332 Å². The van der Waals surface area contributed by atoms with E-state index in [2.05, 4.69) is 43.5 Å². The number of amides is 1. The van der Waals surface area contributed by atoms with Crippen LogP contribution in [0.4, 0.5) is 0 Å². The number of carbonyl (C=O) groups is 1. The lowest BCUT2D eigenvalue weighted by molar-refractivity contribution is -0.303. The topological polar surface area (TPSA) is 189 Å². The van der Waals surface area contributed by atoms with Gasteiger partial charge in [0, 0.05) is 0 Å². The lowest BCUT2D eigenvalue weighted by Crippen LogP contribution is -2.60. The van der Waals surface area contributed by atoms with E-state index in [0.717, 1.165) is 51.4 Å². The molecule has 0 saturated carbocycles. The highest BCUT2D eigenvalue weighted by Gasteiger charge is 2.44. The molecule has 0 aromatic rings. The molecule has 414 valence electrons. The van der Waals surface area contributed by atoms with Crippen LogP contribution in [0.5, 0.6) is 0 Å². The number of nitrogens with one attached hydrogen (secondary N) is 1. The highest BCUT2D eigenvalue weighted by Crippen LogP contribution is 2.23. The predicted octanol–water partition coefficient (Wildman–Crippen LogP) is 12.5. The van der Waals surface area contributed by atoms with E-state index in [1.807, 2.05) is 0 Å². The molecule has 11 heteroatoms. The summed E-state index contributed by atoms with van der Waals surface area (Å²) in [6, 6.07) is -1.16. The number of allylic oxidation sites excluding steroid dienone is 4. The summed E-state index contributed by atoms with van der Waals surface area (Å²) in [4.78, 5) is 13.1. The summed E-state index contributed by atoms with van der Waals surface area (Å²) in [6.07, 6.45) is 47.4. The maximum atomic E-state index is 13.1. The van der Waals surface area contributed by atoms with Gasteiger partial charge < -0.3 is 50.5 Å². The monoisotopic (exact) mass is 996 g/mol. The summed E-state index contributed by atoms with van der Waals surface area (Å²) in [5, 5.41) is 75.6.